The van der Waals surface area contributed by atoms with Crippen LogP contribution in [-0.2, 0) is 4.79 Å². The number of hydrogen-bond donors (Lipinski definition) is 1. The molecule has 6 nitrogen and oxygen atoms in total. The van der Waals surface area contributed by atoms with Gasteiger partial charge in [-0.05, 0) is 40.7 Å². The molecule has 1 aliphatic rings. The van der Waals surface area contributed by atoms with Gasteiger partial charge in [0.15, 0.2) is 5.52 Å². The van der Waals surface area contributed by atoms with Gasteiger partial charge in [0.05, 0.1) is 12.2 Å². The van der Waals surface area contributed by atoms with Crippen LogP contribution in [-0.4, -0.2) is 40.8 Å². The molecule has 2 aromatic rings. The molecule has 0 bridgehead atoms. The molecule has 1 aromatic heterocycles. The van der Waals surface area contributed by atoms with Gasteiger partial charge in [0.2, 0.25) is 5.91 Å². The fraction of sp³-hybridized carbons (Fsp3) is 0.533. The van der Waals surface area contributed by atoms with E-state index in [9.17, 15) is 4.79 Å². The van der Waals surface area contributed by atoms with Gasteiger partial charge in [-0.1, -0.05) is 19.9 Å². The smallest absolute Gasteiger partial charge is 0.238 e. The maximum atomic E-state index is 12.2. The van der Waals surface area contributed by atoms with Crippen LogP contribution in [0.15, 0.2) is 22.8 Å². The van der Waals surface area contributed by atoms with Crippen LogP contribution in [0, 0.1) is 11.8 Å². The second-order valence-electron chi connectivity index (χ2n) is 6.13. The molecule has 0 saturated carbocycles. The monoisotopic (exact) mass is 288 g/mol. The van der Waals surface area contributed by atoms with Crippen molar-refractivity contribution >= 4 is 22.6 Å². The number of carbonyl (C=O) groups is 1. The number of fused-ring (bicyclic) bond motifs is 1. The van der Waals surface area contributed by atoms with E-state index in [0.29, 0.717) is 35.1 Å². The van der Waals surface area contributed by atoms with E-state index in [1.807, 2.05) is 12.1 Å². The number of amides is 1. The molecule has 1 aliphatic heterocycles. The molecule has 0 spiro atoms. The number of aromatic nitrogens is 2. The van der Waals surface area contributed by atoms with E-state index in [1.165, 1.54) is 6.42 Å². The van der Waals surface area contributed by atoms with Gasteiger partial charge < -0.3 is 5.32 Å². The minimum Gasteiger partial charge on any atom is -0.323 e. The molecule has 1 fully saturated rings. The van der Waals surface area contributed by atoms with Crippen LogP contribution >= 0.6 is 0 Å². The molecule has 1 aromatic carbocycles. The number of likely N-dealkylation sites (tertiary alicyclic amines) is 1. The van der Waals surface area contributed by atoms with Crippen molar-refractivity contribution in [3.05, 3.63) is 18.2 Å². The van der Waals surface area contributed by atoms with Crippen LogP contribution in [0.4, 0.5) is 5.69 Å². The molecule has 2 atom stereocenters. The van der Waals surface area contributed by atoms with Crippen molar-refractivity contribution in [1.29, 1.82) is 0 Å². The second-order valence-corrected chi connectivity index (χ2v) is 6.13. The highest BCUT2D eigenvalue weighted by Gasteiger charge is 2.23. The number of carbonyl (C=O) groups excluding carboxylic acids is 1. The summed E-state index contributed by atoms with van der Waals surface area (Å²) in [4.78, 5) is 14.4. The molecule has 1 N–H and O–H groups in total. The number of hydrogen-bond acceptors (Lipinski definition) is 5. The summed E-state index contributed by atoms with van der Waals surface area (Å²) in [5, 5.41) is 10.5. The first kappa shape index (κ1) is 14.0. The Morgan fingerprint density at radius 1 is 1.33 bits per heavy atom. The Morgan fingerprint density at radius 3 is 2.86 bits per heavy atom. The predicted molar refractivity (Wildman–Crippen MR) is 79.8 cm³/mol. The van der Waals surface area contributed by atoms with Crippen LogP contribution in [0.2, 0.25) is 0 Å². The Kier molecular flexibility index (Phi) is 3.88. The van der Waals surface area contributed by atoms with Gasteiger partial charge in [-0.3, -0.25) is 9.69 Å². The summed E-state index contributed by atoms with van der Waals surface area (Å²) in [6.07, 6.45) is 1.24. The van der Waals surface area contributed by atoms with Crippen LogP contribution < -0.4 is 5.32 Å². The lowest BCUT2D eigenvalue weighted by Gasteiger charge is -2.34. The van der Waals surface area contributed by atoms with E-state index in [4.69, 9.17) is 4.63 Å². The van der Waals surface area contributed by atoms with Gasteiger partial charge in [-0.2, -0.15) is 0 Å². The van der Waals surface area contributed by atoms with E-state index in [0.717, 1.165) is 13.1 Å². The number of piperidine rings is 1. The highest BCUT2D eigenvalue weighted by atomic mass is 16.6. The minimum atomic E-state index is -0.0215. The maximum absolute atomic E-state index is 12.2. The van der Waals surface area contributed by atoms with Crippen LogP contribution in [0.3, 0.4) is 0 Å². The lowest BCUT2D eigenvalue weighted by atomic mass is 9.92. The number of anilines is 1. The zero-order valence-corrected chi connectivity index (χ0v) is 12.4. The first-order chi connectivity index (χ1) is 10.1. The third-order valence-corrected chi connectivity index (χ3v) is 3.87. The summed E-state index contributed by atoms with van der Waals surface area (Å²) < 4.78 is 4.70. The van der Waals surface area contributed by atoms with Crippen LogP contribution in [0.25, 0.3) is 11.0 Å². The standard InChI is InChI=1S/C15H20N4O2/c1-10-6-11(2)8-19(7-10)9-14(20)16-12-4-3-5-13-15(12)18-21-17-13/h3-5,10-11H,6-9H2,1-2H3,(H,16,20). The average molecular weight is 288 g/mol. The van der Waals surface area contributed by atoms with Crippen molar-refractivity contribution in [3.63, 3.8) is 0 Å². The third-order valence-electron chi connectivity index (χ3n) is 3.87. The Hall–Kier alpha value is -1.95. The van der Waals surface area contributed by atoms with Crippen LogP contribution in [0.5, 0.6) is 0 Å². The molecule has 21 heavy (non-hydrogen) atoms. The molecule has 1 saturated heterocycles. The van der Waals surface area contributed by atoms with Crippen molar-refractivity contribution in [3.8, 4) is 0 Å². The van der Waals surface area contributed by atoms with Gasteiger partial charge in [0, 0.05) is 13.1 Å². The molecular weight excluding hydrogens is 268 g/mol. The predicted octanol–water partition coefficient (Wildman–Crippen LogP) is 2.14. The summed E-state index contributed by atoms with van der Waals surface area (Å²) in [6, 6.07) is 5.44. The number of nitrogens with zero attached hydrogens (tertiary/aromatic N) is 3. The van der Waals surface area contributed by atoms with E-state index in [-0.39, 0.29) is 5.91 Å². The Labute approximate surface area is 123 Å². The summed E-state index contributed by atoms with van der Waals surface area (Å²) in [5.74, 6) is 1.27. The molecule has 2 heterocycles. The lowest BCUT2D eigenvalue weighted by molar-refractivity contribution is -0.117. The molecular formula is C15H20N4O2. The van der Waals surface area contributed by atoms with Crippen molar-refractivity contribution in [2.45, 2.75) is 20.3 Å². The number of rotatable bonds is 3. The van der Waals surface area contributed by atoms with E-state index < -0.39 is 0 Å². The SMILES string of the molecule is CC1CC(C)CN(CC(=O)Nc2cccc3nonc23)C1. The average Bonchev–Trinajstić information content (AvgIpc) is 2.86. The molecule has 112 valence electrons. The molecule has 0 radical (unpaired) electrons. The first-order valence-corrected chi connectivity index (χ1v) is 7.35. The zero-order chi connectivity index (χ0) is 14.8. The van der Waals surface area contributed by atoms with E-state index in [1.54, 1.807) is 6.07 Å². The Morgan fingerprint density at radius 2 is 2.10 bits per heavy atom. The summed E-state index contributed by atoms with van der Waals surface area (Å²) >= 11 is 0. The van der Waals surface area contributed by atoms with Crippen LogP contribution in [0.1, 0.15) is 20.3 Å². The molecule has 6 heteroatoms. The highest BCUT2D eigenvalue weighted by molar-refractivity contribution is 5.99. The highest BCUT2D eigenvalue weighted by Crippen LogP contribution is 2.22. The second kappa shape index (κ2) is 5.81. The number of nitrogens with one attached hydrogen (secondary N) is 1. The van der Waals surface area contributed by atoms with Crippen molar-refractivity contribution in [1.82, 2.24) is 15.2 Å². The molecule has 3 rings (SSSR count). The Bertz CT molecular complexity index is 629. The van der Waals surface area contributed by atoms with Gasteiger partial charge in [0.1, 0.15) is 5.52 Å². The summed E-state index contributed by atoms with van der Waals surface area (Å²) in [6.45, 7) is 6.85. The normalized spacial score (nSPS) is 23.3. The first-order valence-electron chi connectivity index (χ1n) is 7.35. The summed E-state index contributed by atoms with van der Waals surface area (Å²) in [7, 11) is 0. The largest absolute Gasteiger partial charge is 0.323 e. The zero-order valence-electron chi connectivity index (χ0n) is 12.4. The molecule has 0 aliphatic carbocycles. The maximum Gasteiger partial charge on any atom is 0.238 e. The van der Waals surface area contributed by atoms with Crippen molar-refractivity contribution in [2.75, 3.05) is 25.0 Å². The quantitative estimate of drug-likeness (QED) is 0.937. The van der Waals surface area contributed by atoms with Crippen molar-refractivity contribution in [2.24, 2.45) is 11.8 Å². The van der Waals surface area contributed by atoms with E-state index in [2.05, 4.69) is 34.4 Å². The van der Waals surface area contributed by atoms with Gasteiger partial charge in [-0.15, -0.1) is 0 Å². The molecule has 2 unspecified atom stereocenters. The number of benzene rings is 1. The fourth-order valence-corrected chi connectivity index (χ4v) is 3.22. The van der Waals surface area contributed by atoms with Gasteiger partial charge in [-0.25, -0.2) is 4.63 Å². The topological polar surface area (TPSA) is 71.3 Å². The van der Waals surface area contributed by atoms with E-state index >= 15 is 0 Å². The fourth-order valence-electron chi connectivity index (χ4n) is 3.22. The lowest BCUT2D eigenvalue weighted by Crippen LogP contribution is -2.42. The van der Waals surface area contributed by atoms with Gasteiger partial charge >= 0.3 is 0 Å². The molecule has 1 amide bonds. The van der Waals surface area contributed by atoms with Gasteiger partial charge in [0.25, 0.3) is 0 Å². The van der Waals surface area contributed by atoms with Crippen molar-refractivity contribution < 1.29 is 9.42 Å². The summed E-state index contributed by atoms with van der Waals surface area (Å²) in [5.41, 5.74) is 1.89. The third kappa shape index (κ3) is 3.21. The Balaban J connectivity index is 1.65. The minimum absolute atomic E-state index is 0.0215.